The first-order valence-electron chi connectivity index (χ1n) is 6.67. The third kappa shape index (κ3) is 3.86. The van der Waals surface area contributed by atoms with Gasteiger partial charge in [0.2, 0.25) is 0 Å². The summed E-state index contributed by atoms with van der Waals surface area (Å²) in [5.41, 5.74) is -0.0488. The van der Waals surface area contributed by atoms with Crippen LogP contribution in [0.4, 0.5) is 0 Å². The van der Waals surface area contributed by atoms with Gasteiger partial charge in [0.1, 0.15) is 16.0 Å². The molecule has 1 aromatic rings. The molecule has 2 nitrogen and oxygen atoms in total. The van der Waals surface area contributed by atoms with Crippen molar-refractivity contribution in [3.8, 4) is 0 Å². The van der Waals surface area contributed by atoms with E-state index < -0.39 is 0 Å². The summed E-state index contributed by atoms with van der Waals surface area (Å²) in [6.07, 6.45) is 6.69. The van der Waals surface area contributed by atoms with Crippen LogP contribution in [0.15, 0.2) is 11.1 Å². The first-order chi connectivity index (χ1) is 8.45. The number of nitrogens with zero attached hydrogens (tertiary/aromatic N) is 2. The fourth-order valence-electron chi connectivity index (χ4n) is 2.15. The molecule has 2 rings (SSSR count). The molecular formula is C14H21ClN2S. The van der Waals surface area contributed by atoms with Crippen LogP contribution in [-0.2, 0) is 5.41 Å². The Bertz CT molecular complexity index is 409. The zero-order valence-corrected chi connectivity index (χ0v) is 12.9. The maximum atomic E-state index is 6.11. The van der Waals surface area contributed by atoms with E-state index in [0.717, 1.165) is 10.9 Å². The molecule has 0 unspecified atom stereocenters. The monoisotopic (exact) mass is 284 g/mol. The van der Waals surface area contributed by atoms with Gasteiger partial charge in [0.05, 0.1) is 0 Å². The molecule has 0 N–H and O–H groups in total. The maximum absolute atomic E-state index is 6.11. The molecule has 0 spiro atoms. The van der Waals surface area contributed by atoms with Crippen LogP contribution in [0.5, 0.6) is 0 Å². The average Bonchev–Trinajstić information content (AvgIpc) is 2.28. The van der Waals surface area contributed by atoms with E-state index in [1.54, 1.807) is 0 Å². The number of aromatic nitrogens is 2. The molecule has 0 aromatic carbocycles. The van der Waals surface area contributed by atoms with Crippen molar-refractivity contribution in [2.24, 2.45) is 0 Å². The SMILES string of the molecule is CC(C)(C)c1nc(Cl)cc(SC2CCCCC2)n1. The molecule has 0 amide bonds. The summed E-state index contributed by atoms with van der Waals surface area (Å²) in [6, 6.07) is 1.90. The molecule has 1 heterocycles. The summed E-state index contributed by atoms with van der Waals surface area (Å²) < 4.78 is 0. The number of rotatable bonds is 2. The lowest BCUT2D eigenvalue weighted by atomic mass is 9.96. The van der Waals surface area contributed by atoms with Gasteiger partial charge in [-0.2, -0.15) is 0 Å². The maximum Gasteiger partial charge on any atom is 0.136 e. The summed E-state index contributed by atoms with van der Waals surface area (Å²) in [6.45, 7) is 6.36. The van der Waals surface area contributed by atoms with Gasteiger partial charge in [-0.1, -0.05) is 51.6 Å². The smallest absolute Gasteiger partial charge is 0.136 e. The van der Waals surface area contributed by atoms with Crippen molar-refractivity contribution < 1.29 is 0 Å². The second kappa shape index (κ2) is 5.79. The van der Waals surface area contributed by atoms with E-state index in [2.05, 4.69) is 30.7 Å². The molecule has 18 heavy (non-hydrogen) atoms. The van der Waals surface area contributed by atoms with Crippen molar-refractivity contribution in [2.75, 3.05) is 0 Å². The Hall–Kier alpha value is -0.280. The first-order valence-corrected chi connectivity index (χ1v) is 7.92. The predicted octanol–water partition coefficient (Wildman–Crippen LogP) is 4.85. The Morgan fingerprint density at radius 1 is 1.17 bits per heavy atom. The Labute approximate surface area is 119 Å². The normalized spacial score (nSPS) is 18.0. The zero-order chi connectivity index (χ0) is 13.2. The lowest BCUT2D eigenvalue weighted by Crippen LogP contribution is -2.17. The fraction of sp³-hybridized carbons (Fsp3) is 0.714. The minimum atomic E-state index is -0.0488. The predicted molar refractivity (Wildman–Crippen MR) is 78.5 cm³/mol. The molecule has 1 aliphatic rings. The van der Waals surface area contributed by atoms with Gasteiger partial charge in [-0.15, -0.1) is 11.8 Å². The highest BCUT2D eigenvalue weighted by molar-refractivity contribution is 7.99. The molecule has 0 bridgehead atoms. The standard InChI is InChI=1S/C14H21ClN2S/c1-14(2,3)13-16-11(15)9-12(17-13)18-10-7-5-4-6-8-10/h9-10H,4-8H2,1-3H3. The molecule has 0 aliphatic heterocycles. The summed E-state index contributed by atoms with van der Waals surface area (Å²) in [7, 11) is 0. The Kier molecular flexibility index (Phi) is 4.54. The molecular weight excluding hydrogens is 264 g/mol. The first kappa shape index (κ1) is 14.1. The van der Waals surface area contributed by atoms with Gasteiger partial charge in [0.15, 0.2) is 0 Å². The van der Waals surface area contributed by atoms with Gasteiger partial charge in [0.25, 0.3) is 0 Å². The highest BCUT2D eigenvalue weighted by atomic mass is 35.5. The van der Waals surface area contributed by atoms with Crippen molar-refractivity contribution in [2.45, 2.75) is 68.6 Å². The van der Waals surface area contributed by atoms with Crippen LogP contribution in [0.3, 0.4) is 0 Å². The number of thioether (sulfide) groups is 1. The Morgan fingerprint density at radius 3 is 2.44 bits per heavy atom. The minimum Gasteiger partial charge on any atom is -0.226 e. The number of hydrogen-bond donors (Lipinski definition) is 0. The van der Waals surface area contributed by atoms with Crippen LogP contribution in [0.2, 0.25) is 5.15 Å². The third-order valence-corrected chi connectivity index (χ3v) is 4.63. The van der Waals surface area contributed by atoms with Crippen LogP contribution in [-0.4, -0.2) is 15.2 Å². The molecule has 1 aromatic heterocycles. The molecule has 4 heteroatoms. The van der Waals surface area contributed by atoms with Crippen LogP contribution in [0, 0.1) is 0 Å². The number of halogens is 1. The van der Waals surface area contributed by atoms with Gasteiger partial charge in [-0.05, 0) is 12.8 Å². The largest absolute Gasteiger partial charge is 0.226 e. The van der Waals surface area contributed by atoms with Gasteiger partial charge in [-0.25, -0.2) is 9.97 Å². The van der Waals surface area contributed by atoms with E-state index in [-0.39, 0.29) is 5.41 Å². The van der Waals surface area contributed by atoms with E-state index in [1.807, 2.05) is 17.8 Å². The van der Waals surface area contributed by atoms with E-state index in [9.17, 15) is 0 Å². The van der Waals surface area contributed by atoms with Crippen molar-refractivity contribution in [3.05, 3.63) is 17.0 Å². The van der Waals surface area contributed by atoms with Crippen molar-refractivity contribution in [1.82, 2.24) is 9.97 Å². The van der Waals surface area contributed by atoms with Crippen LogP contribution in [0.25, 0.3) is 0 Å². The van der Waals surface area contributed by atoms with E-state index in [1.165, 1.54) is 32.1 Å². The molecule has 1 aliphatic carbocycles. The second-order valence-electron chi connectivity index (χ2n) is 5.98. The summed E-state index contributed by atoms with van der Waals surface area (Å²) >= 11 is 7.98. The Morgan fingerprint density at radius 2 is 1.83 bits per heavy atom. The van der Waals surface area contributed by atoms with Crippen molar-refractivity contribution in [1.29, 1.82) is 0 Å². The van der Waals surface area contributed by atoms with Crippen LogP contribution >= 0.6 is 23.4 Å². The van der Waals surface area contributed by atoms with Crippen LogP contribution < -0.4 is 0 Å². The van der Waals surface area contributed by atoms with Gasteiger partial charge < -0.3 is 0 Å². The third-order valence-electron chi connectivity index (χ3n) is 3.18. The molecule has 1 saturated carbocycles. The van der Waals surface area contributed by atoms with Crippen LogP contribution in [0.1, 0.15) is 58.7 Å². The molecule has 0 radical (unpaired) electrons. The molecule has 0 saturated heterocycles. The van der Waals surface area contributed by atoms with E-state index in [0.29, 0.717) is 10.4 Å². The lowest BCUT2D eigenvalue weighted by molar-refractivity contribution is 0.514. The van der Waals surface area contributed by atoms with Gasteiger partial charge in [0, 0.05) is 16.7 Å². The minimum absolute atomic E-state index is 0.0488. The second-order valence-corrected chi connectivity index (χ2v) is 7.69. The number of hydrogen-bond acceptors (Lipinski definition) is 3. The van der Waals surface area contributed by atoms with Crippen molar-refractivity contribution >= 4 is 23.4 Å². The fourth-order valence-corrected chi connectivity index (χ4v) is 3.62. The van der Waals surface area contributed by atoms with Crippen molar-refractivity contribution in [3.63, 3.8) is 0 Å². The average molecular weight is 285 g/mol. The molecule has 1 fully saturated rings. The molecule has 100 valence electrons. The summed E-state index contributed by atoms with van der Waals surface area (Å²) in [5, 5.41) is 2.30. The van der Waals surface area contributed by atoms with E-state index in [4.69, 9.17) is 11.6 Å². The van der Waals surface area contributed by atoms with Gasteiger partial charge in [-0.3, -0.25) is 0 Å². The summed E-state index contributed by atoms with van der Waals surface area (Å²) in [4.78, 5) is 9.01. The van der Waals surface area contributed by atoms with E-state index >= 15 is 0 Å². The lowest BCUT2D eigenvalue weighted by Gasteiger charge is -2.22. The zero-order valence-electron chi connectivity index (χ0n) is 11.4. The quantitative estimate of drug-likeness (QED) is 0.726. The topological polar surface area (TPSA) is 25.8 Å². The molecule has 0 atom stereocenters. The highest BCUT2D eigenvalue weighted by Crippen LogP contribution is 2.34. The van der Waals surface area contributed by atoms with Gasteiger partial charge >= 0.3 is 0 Å². The Balaban J connectivity index is 2.14. The highest BCUT2D eigenvalue weighted by Gasteiger charge is 2.21. The summed E-state index contributed by atoms with van der Waals surface area (Å²) in [5.74, 6) is 0.841.